The van der Waals surface area contributed by atoms with Gasteiger partial charge in [0.2, 0.25) is 5.91 Å². The normalized spacial score (nSPS) is 11.8. The van der Waals surface area contributed by atoms with Crippen molar-refractivity contribution >= 4 is 11.7 Å². The number of benzene rings is 2. The van der Waals surface area contributed by atoms with E-state index in [0.717, 1.165) is 6.42 Å². The third-order valence-electron chi connectivity index (χ3n) is 3.82. The second-order valence-electron chi connectivity index (χ2n) is 6.03. The van der Waals surface area contributed by atoms with Crippen molar-refractivity contribution in [2.24, 2.45) is 5.92 Å². The van der Waals surface area contributed by atoms with Crippen molar-refractivity contribution in [1.82, 2.24) is 5.32 Å². The smallest absolute Gasteiger partial charge is 0.220 e. The summed E-state index contributed by atoms with van der Waals surface area (Å²) in [7, 11) is 0. The molecule has 24 heavy (non-hydrogen) atoms. The molecule has 0 aliphatic carbocycles. The topological polar surface area (TPSA) is 46.2 Å². The highest BCUT2D eigenvalue weighted by Gasteiger charge is 2.11. The number of rotatable bonds is 8. The molecule has 0 saturated carbocycles. The van der Waals surface area contributed by atoms with Crippen molar-refractivity contribution < 1.29 is 14.0 Å². The first-order chi connectivity index (χ1) is 11.5. The summed E-state index contributed by atoms with van der Waals surface area (Å²) >= 11 is 0. The summed E-state index contributed by atoms with van der Waals surface area (Å²) < 4.78 is 12.8. The van der Waals surface area contributed by atoms with E-state index in [1.54, 1.807) is 0 Å². The maximum Gasteiger partial charge on any atom is 0.220 e. The molecule has 1 unspecified atom stereocenters. The standard InChI is InChI=1S/C20H22FNO2/c1-15(13-16-5-3-2-4-6-16)14-22-20(24)12-11-19(23)17-7-9-18(21)10-8-17/h2-10,15H,11-14H2,1H3,(H,22,24). The number of nitrogens with one attached hydrogen (secondary N) is 1. The molecule has 0 bridgehead atoms. The Hall–Kier alpha value is -2.49. The van der Waals surface area contributed by atoms with Gasteiger partial charge in [-0.1, -0.05) is 37.3 Å². The molecule has 0 fully saturated rings. The van der Waals surface area contributed by atoms with E-state index in [-0.39, 0.29) is 30.3 Å². The maximum absolute atomic E-state index is 12.8. The Morgan fingerprint density at radius 3 is 2.33 bits per heavy atom. The fraction of sp³-hybridized carbons (Fsp3) is 0.300. The molecule has 1 N–H and O–H groups in total. The minimum atomic E-state index is -0.378. The van der Waals surface area contributed by atoms with Gasteiger partial charge in [-0.15, -0.1) is 0 Å². The highest BCUT2D eigenvalue weighted by Crippen LogP contribution is 2.09. The number of Topliss-reactive ketones (excluding diaryl/α,β-unsaturated/α-hetero) is 1. The van der Waals surface area contributed by atoms with E-state index in [4.69, 9.17) is 0 Å². The van der Waals surface area contributed by atoms with E-state index in [2.05, 4.69) is 24.4 Å². The van der Waals surface area contributed by atoms with Crippen LogP contribution in [0, 0.1) is 11.7 Å². The average Bonchev–Trinajstić information content (AvgIpc) is 2.59. The van der Waals surface area contributed by atoms with Gasteiger partial charge in [-0.2, -0.15) is 0 Å². The molecule has 0 aromatic heterocycles. The Morgan fingerprint density at radius 1 is 1.00 bits per heavy atom. The number of carbonyl (C=O) groups is 2. The monoisotopic (exact) mass is 327 g/mol. The summed E-state index contributed by atoms with van der Waals surface area (Å²) in [5.41, 5.74) is 1.67. The van der Waals surface area contributed by atoms with Gasteiger partial charge >= 0.3 is 0 Å². The van der Waals surface area contributed by atoms with E-state index in [1.807, 2.05) is 18.2 Å². The van der Waals surface area contributed by atoms with Crippen LogP contribution in [0.4, 0.5) is 4.39 Å². The average molecular weight is 327 g/mol. The zero-order chi connectivity index (χ0) is 17.4. The molecule has 0 saturated heterocycles. The predicted molar refractivity (Wildman–Crippen MR) is 92.3 cm³/mol. The van der Waals surface area contributed by atoms with Crippen molar-refractivity contribution in [1.29, 1.82) is 0 Å². The number of carbonyl (C=O) groups excluding carboxylic acids is 2. The van der Waals surface area contributed by atoms with Crippen LogP contribution < -0.4 is 5.32 Å². The molecule has 3 nitrogen and oxygen atoms in total. The molecule has 0 aliphatic rings. The summed E-state index contributed by atoms with van der Waals surface area (Å²) in [6.45, 7) is 2.66. The lowest BCUT2D eigenvalue weighted by Crippen LogP contribution is -2.29. The van der Waals surface area contributed by atoms with Crippen LogP contribution in [0.1, 0.15) is 35.7 Å². The second kappa shape index (κ2) is 8.96. The highest BCUT2D eigenvalue weighted by atomic mass is 19.1. The number of amides is 1. The third kappa shape index (κ3) is 5.95. The summed E-state index contributed by atoms with van der Waals surface area (Å²) in [6, 6.07) is 15.5. The van der Waals surface area contributed by atoms with Crippen LogP contribution in [0.15, 0.2) is 54.6 Å². The van der Waals surface area contributed by atoms with Crippen LogP contribution in [0.25, 0.3) is 0 Å². The van der Waals surface area contributed by atoms with Crippen molar-refractivity contribution in [3.63, 3.8) is 0 Å². The molecule has 1 atom stereocenters. The van der Waals surface area contributed by atoms with Crippen molar-refractivity contribution in [3.05, 3.63) is 71.5 Å². The Bertz CT molecular complexity index is 668. The fourth-order valence-electron chi connectivity index (χ4n) is 2.47. The number of hydrogen-bond donors (Lipinski definition) is 1. The van der Waals surface area contributed by atoms with Gasteiger partial charge < -0.3 is 5.32 Å². The Morgan fingerprint density at radius 2 is 1.67 bits per heavy atom. The Kier molecular flexibility index (Phi) is 6.67. The first-order valence-electron chi connectivity index (χ1n) is 8.14. The summed E-state index contributed by atoms with van der Waals surface area (Å²) in [5, 5.41) is 2.87. The minimum Gasteiger partial charge on any atom is -0.356 e. The van der Waals surface area contributed by atoms with Crippen LogP contribution >= 0.6 is 0 Å². The molecule has 0 radical (unpaired) electrons. The second-order valence-corrected chi connectivity index (χ2v) is 6.03. The molecular weight excluding hydrogens is 305 g/mol. The van der Waals surface area contributed by atoms with Crippen molar-refractivity contribution in [2.75, 3.05) is 6.54 Å². The lowest BCUT2D eigenvalue weighted by molar-refractivity contribution is -0.121. The van der Waals surface area contributed by atoms with Crippen LogP contribution in [0.3, 0.4) is 0 Å². The zero-order valence-corrected chi connectivity index (χ0v) is 13.8. The van der Waals surface area contributed by atoms with Crippen LogP contribution in [-0.2, 0) is 11.2 Å². The van der Waals surface area contributed by atoms with Crippen molar-refractivity contribution in [3.8, 4) is 0 Å². The van der Waals surface area contributed by atoms with Gasteiger partial charge in [0.15, 0.2) is 5.78 Å². The molecule has 2 rings (SSSR count). The van der Waals surface area contributed by atoms with E-state index in [0.29, 0.717) is 18.0 Å². The molecular formula is C20H22FNO2. The lowest BCUT2D eigenvalue weighted by Gasteiger charge is -2.12. The highest BCUT2D eigenvalue weighted by molar-refractivity contribution is 5.97. The number of halogens is 1. The third-order valence-corrected chi connectivity index (χ3v) is 3.82. The van der Waals surface area contributed by atoms with E-state index in [9.17, 15) is 14.0 Å². The first kappa shape index (κ1) is 17.9. The lowest BCUT2D eigenvalue weighted by atomic mass is 10.0. The van der Waals surface area contributed by atoms with Gasteiger partial charge in [0.1, 0.15) is 5.82 Å². The number of hydrogen-bond acceptors (Lipinski definition) is 2. The molecule has 0 aliphatic heterocycles. The van der Waals surface area contributed by atoms with Crippen molar-refractivity contribution in [2.45, 2.75) is 26.2 Å². The molecule has 1 amide bonds. The number of ketones is 1. The Balaban J connectivity index is 1.69. The van der Waals surface area contributed by atoms with Gasteiger partial charge in [0, 0.05) is 24.9 Å². The molecule has 126 valence electrons. The van der Waals surface area contributed by atoms with Crippen LogP contribution in [0.5, 0.6) is 0 Å². The fourth-order valence-corrected chi connectivity index (χ4v) is 2.47. The Labute approximate surface area is 141 Å². The molecule has 0 spiro atoms. The van der Waals surface area contributed by atoms with Crippen LogP contribution in [-0.4, -0.2) is 18.2 Å². The zero-order valence-electron chi connectivity index (χ0n) is 13.8. The van der Waals surface area contributed by atoms with Gasteiger partial charge in [-0.3, -0.25) is 9.59 Å². The SMILES string of the molecule is CC(CNC(=O)CCC(=O)c1ccc(F)cc1)Cc1ccccc1. The van der Waals surface area contributed by atoms with Gasteiger partial charge in [-0.05, 0) is 42.2 Å². The molecule has 0 heterocycles. The largest absolute Gasteiger partial charge is 0.356 e. The summed E-state index contributed by atoms with van der Waals surface area (Å²) in [4.78, 5) is 23.8. The van der Waals surface area contributed by atoms with Gasteiger partial charge in [-0.25, -0.2) is 4.39 Å². The quantitative estimate of drug-likeness (QED) is 0.750. The summed E-state index contributed by atoms with van der Waals surface area (Å²) in [5.74, 6) is -0.339. The van der Waals surface area contributed by atoms with E-state index in [1.165, 1.54) is 29.8 Å². The van der Waals surface area contributed by atoms with E-state index >= 15 is 0 Å². The first-order valence-corrected chi connectivity index (χ1v) is 8.14. The molecule has 2 aromatic rings. The van der Waals surface area contributed by atoms with Gasteiger partial charge in [0.05, 0.1) is 0 Å². The molecule has 2 aromatic carbocycles. The predicted octanol–water partition coefficient (Wildman–Crippen LogP) is 3.78. The molecule has 4 heteroatoms. The van der Waals surface area contributed by atoms with Gasteiger partial charge in [0.25, 0.3) is 0 Å². The minimum absolute atomic E-state index is 0.129. The summed E-state index contributed by atoms with van der Waals surface area (Å²) in [6.07, 6.45) is 1.18. The van der Waals surface area contributed by atoms with E-state index < -0.39 is 0 Å². The van der Waals surface area contributed by atoms with Crippen LogP contribution in [0.2, 0.25) is 0 Å². The maximum atomic E-state index is 12.8.